The number of anilines is 1. The van der Waals surface area contributed by atoms with Crippen LogP contribution in [0.15, 0.2) is 73.2 Å². The van der Waals surface area contributed by atoms with Crippen LogP contribution >= 0.6 is 0 Å². The number of rotatable bonds is 7. The molecular formula is C33H32F3N7O. The number of nitrogens with one attached hydrogen (secondary N) is 2. The zero-order chi connectivity index (χ0) is 30.8. The van der Waals surface area contributed by atoms with Crippen molar-refractivity contribution in [2.24, 2.45) is 0 Å². The van der Waals surface area contributed by atoms with Gasteiger partial charge in [-0.2, -0.15) is 13.2 Å². The topological polar surface area (TPSA) is 90.0 Å². The number of amides is 1. The molecule has 3 aromatic heterocycles. The highest BCUT2D eigenvalue weighted by Crippen LogP contribution is 2.35. The summed E-state index contributed by atoms with van der Waals surface area (Å²) in [4.78, 5) is 34.2. The molecule has 1 saturated heterocycles. The maximum absolute atomic E-state index is 14.1. The Hall–Kier alpha value is -4.61. The van der Waals surface area contributed by atoms with Crippen molar-refractivity contribution in [2.75, 3.05) is 38.5 Å². The lowest BCUT2D eigenvalue weighted by atomic mass is 9.99. The fourth-order valence-electron chi connectivity index (χ4n) is 5.46. The first kappa shape index (κ1) is 29.5. The van der Waals surface area contributed by atoms with E-state index in [1.807, 2.05) is 49.3 Å². The van der Waals surface area contributed by atoms with Gasteiger partial charge in [-0.15, -0.1) is 0 Å². The van der Waals surface area contributed by atoms with Crippen molar-refractivity contribution in [1.29, 1.82) is 0 Å². The van der Waals surface area contributed by atoms with E-state index in [0.717, 1.165) is 52.6 Å². The third-order valence-electron chi connectivity index (χ3n) is 8.05. The lowest BCUT2D eigenvalue weighted by molar-refractivity contribution is -0.138. The number of alkyl halides is 3. The number of pyridine rings is 1. The number of hydrogen-bond donors (Lipinski definition) is 2. The first-order valence-electron chi connectivity index (χ1n) is 14.4. The molecule has 1 amide bonds. The minimum Gasteiger partial charge on any atom is -0.358 e. The lowest BCUT2D eigenvalue weighted by Crippen LogP contribution is -2.44. The fraction of sp³-hybridized carbons (Fsp3) is 0.273. The van der Waals surface area contributed by atoms with E-state index in [4.69, 9.17) is 4.98 Å². The van der Waals surface area contributed by atoms with Gasteiger partial charge in [-0.3, -0.25) is 14.7 Å². The first-order chi connectivity index (χ1) is 21.1. The molecule has 226 valence electrons. The highest BCUT2D eigenvalue weighted by atomic mass is 19.4. The molecule has 0 radical (unpaired) electrons. The molecule has 0 aliphatic carbocycles. The molecule has 4 heterocycles. The second-order valence-electron chi connectivity index (χ2n) is 11.2. The van der Waals surface area contributed by atoms with Gasteiger partial charge in [0.1, 0.15) is 0 Å². The van der Waals surface area contributed by atoms with Crippen LogP contribution in [-0.4, -0.2) is 68.9 Å². The number of aromatic nitrogens is 4. The summed E-state index contributed by atoms with van der Waals surface area (Å²) in [7, 11) is 2.00. The second kappa shape index (κ2) is 12.2. The SMILES string of the molecule is Cc1ccc(C(=O)Nc2ccc(CN3CCN(C)CC3)c(C(F)(F)F)c2)cc1Cc1nc(-c2ccncc2)nc2cc[nH]c12. The Morgan fingerprint density at radius 3 is 2.48 bits per heavy atom. The summed E-state index contributed by atoms with van der Waals surface area (Å²) in [6.45, 7) is 5.19. The van der Waals surface area contributed by atoms with Crippen LogP contribution < -0.4 is 5.32 Å². The predicted molar refractivity (Wildman–Crippen MR) is 163 cm³/mol. The van der Waals surface area contributed by atoms with Crippen LogP contribution in [0.3, 0.4) is 0 Å². The molecule has 1 aliphatic heterocycles. The Morgan fingerprint density at radius 1 is 0.955 bits per heavy atom. The van der Waals surface area contributed by atoms with E-state index in [-0.39, 0.29) is 17.8 Å². The van der Waals surface area contributed by atoms with Gasteiger partial charge in [-0.1, -0.05) is 12.1 Å². The number of carbonyl (C=O) groups is 1. The molecule has 0 bridgehead atoms. The van der Waals surface area contributed by atoms with Crippen LogP contribution in [0.2, 0.25) is 0 Å². The summed E-state index contributed by atoms with van der Waals surface area (Å²) in [5, 5.41) is 2.68. The fourth-order valence-corrected chi connectivity index (χ4v) is 5.46. The maximum atomic E-state index is 14.1. The van der Waals surface area contributed by atoms with Gasteiger partial charge in [-0.25, -0.2) is 9.97 Å². The number of benzene rings is 2. The molecule has 5 aromatic rings. The van der Waals surface area contributed by atoms with Gasteiger partial charge in [0.25, 0.3) is 5.91 Å². The van der Waals surface area contributed by atoms with Crippen molar-refractivity contribution < 1.29 is 18.0 Å². The average Bonchev–Trinajstić information content (AvgIpc) is 3.49. The molecule has 2 aromatic carbocycles. The standard InChI is InChI=1S/C33H32F3N7O/c1-21-3-4-23(17-25(21)18-29-30-28(9-12-38-30)40-31(41-29)22-7-10-37-11-8-22)32(44)39-26-6-5-24(27(19-26)33(34,35)36)20-43-15-13-42(2)14-16-43/h3-12,17,19,38H,13-16,18,20H2,1-2H3,(H,39,44). The van der Waals surface area contributed by atoms with Gasteiger partial charge in [0.05, 0.1) is 22.3 Å². The number of carbonyl (C=O) groups excluding carboxylic acids is 1. The number of likely N-dealkylation sites (N-methyl/N-ethyl adjacent to an activating group) is 1. The molecule has 0 atom stereocenters. The number of nitrogens with zero attached hydrogens (tertiary/aromatic N) is 5. The largest absolute Gasteiger partial charge is 0.416 e. The van der Waals surface area contributed by atoms with E-state index in [1.54, 1.807) is 24.5 Å². The monoisotopic (exact) mass is 599 g/mol. The molecular weight excluding hydrogens is 567 g/mol. The van der Waals surface area contributed by atoms with Crippen LogP contribution in [-0.2, 0) is 19.1 Å². The highest BCUT2D eigenvalue weighted by Gasteiger charge is 2.34. The zero-order valence-electron chi connectivity index (χ0n) is 24.4. The molecule has 6 rings (SSSR count). The normalized spacial score (nSPS) is 14.7. The molecule has 1 aliphatic rings. The second-order valence-corrected chi connectivity index (χ2v) is 11.2. The minimum absolute atomic E-state index is 0.0949. The molecule has 0 unspecified atom stereocenters. The molecule has 8 nitrogen and oxygen atoms in total. The van der Waals surface area contributed by atoms with E-state index in [0.29, 0.717) is 30.9 Å². The van der Waals surface area contributed by atoms with Crippen molar-refractivity contribution in [2.45, 2.75) is 26.1 Å². The van der Waals surface area contributed by atoms with Gasteiger partial charge in [0.2, 0.25) is 0 Å². The van der Waals surface area contributed by atoms with Crippen molar-refractivity contribution in [3.63, 3.8) is 0 Å². The first-order valence-corrected chi connectivity index (χ1v) is 14.4. The van der Waals surface area contributed by atoms with E-state index in [9.17, 15) is 18.0 Å². The Bertz CT molecular complexity index is 1800. The Morgan fingerprint density at radius 2 is 1.73 bits per heavy atom. The van der Waals surface area contributed by atoms with Crippen LogP contribution in [0.4, 0.5) is 18.9 Å². The number of aromatic amines is 1. The number of halogens is 3. The van der Waals surface area contributed by atoms with Crippen LogP contribution in [0, 0.1) is 6.92 Å². The highest BCUT2D eigenvalue weighted by molar-refractivity contribution is 6.04. The van der Waals surface area contributed by atoms with E-state index in [1.165, 1.54) is 12.1 Å². The Kier molecular flexibility index (Phi) is 8.15. The summed E-state index contributed by atoms with van der Waals surface area (Å²) >= 11 is 0. The van der Waals surface area contributed by atoms with E-state index in [2.05, 4.69) is 25.2 Å². The number of H-pyrrole nitrogens is 1. The summed E-state index contributed by atoms with van der Waals surface area (Å²) < 4.78 is 42.2. The van der Waals surface area contributed by atoms with Crippen molar-refractivity contribution in [3.8, 4) is 11.4 Å². The van der Waals surface area contributed by atoms with Crippen molar-refractivity contribution in [3.05, 3.63) is 107 Å². The molecule has 0 spiro atoms. The maximum Gasteiger partial charge on any atom is 0.416 e. The minimum atomic E-state index is -4.55. The van der Waals surface area contributed by atoms with Crippen molar-refractivity contribution >= 4 is 22.6 Å². The molecule has 0 saturated carbocycles. The van der Waals surface area contributed by atoms with Gasteiger partial charge < -0.3 is 15.2 Å². The number of hydrogen-bond acceptors (Lipinski definition) is 6. The average molecular weight is 600 g/mol. The summed E-state index contributed by atoms with van der Waals surface area (Å²) in [5.74, 6) is 0.0777. The molecule has 44 heavy (non-hydrogen) atoms. The van der Waals surface area contributed by atoms with Crippen molar-refractivity contribution in [1.82, 2.24) is 29.7 Å². The molecule has 11 heteroatoms. The molecule has 2 N–H and O–H groups in total. The van der Waals surface area contributed by atoms with E-state index >= 15 is 0 Å². The number of fused-ring (bicyclic) bond motifs is 1. The van der Waals surface area contributed by atoms with E-state index < -0.39 is 17.6 Å². The predicted octanol–water partition coefficient (Wildman–Crippen LogP) is 5.94. The zero-order valence-corrected chi connectivity index (χ0v) is 24.4. The van der Waals surface area contributed by atoms with Gasteiger partial charge in [-0.05, 0) is 73.1 Å². The van der Waals surface area contributed by atoms with Crippen LogP contribution in [0.5, 0.6) is 0 Å². The quantitative estimate of drug-likeness (QED) is 0.241. The third kappa shape index (κ3) is 6.48. The van der Waals surface area contributed by atoms with Gasteiger partial charge >= 0.3 is 6.18 Å². The number of piperazine rings is 1. The Balaban J connectivity index is 1.24. The molecule has 1 fully saturated rings. The number of aryl methyl sites for hydroxylation is 1. The summed E-state index contributed by atoms with van der Waals surface area (Å²) in [5.41, 5.74) is 4.89. The Labute approximate surface area is 253 Å². The van der Waals surface area contributed by atoms with Crippen LogP contribution in [0.1, 0.15) is 38.3 Å². The van der Waals surface area contributed by atoms with Gasteiger partial charge in [0, 0.05) is 74.5 Å². The third-order valence-corrected chi connectivity index (χ3v) is 8.05. The summed E-state index contributed by atoms with van der Waals surface area (Å²) in [6.07, 6.45) is 1.05. The summed E-state index contributed by atoms with van der Waals surface area (Å²) in [6, 6.07) is 14.9. The smallest absolute Gasteiger partial charge is 0.358 e. The van der Waals surface area contributed by atoms with Gasteiger partial charge in [0.15, 0.2) is 5.82 Å². The van der Waals surface area contributed by atoms with Crippen LogP contribution in [0.25, 0.3) is 22.4 Å². The lowest BCUT2D eigenvalue weighted by Gasteiger charge is -2.33.